The van der Waals surface area contributed by atoms with Crippen molar-refractivity contribution >= 4 is 46.0 Å². The van der Waals surface area contributed by atoms with Crippen LogP contribution in [0, 0.1) is 0 Å². The lowest BCUT2D eigenvalue weighted by Crippen LogP contribution is -2.46. The molecule has 1 atom stereocenters. The van der Waals surface area contributed by atoms with Crippen LogP contribution in [0.3, 0.4) is 0 Å². The zero-order valence-electron chi connectivity index (χ0n) is 19.5. The van der Waals surface area contributed by atoms with Crippen molar-refractivity contribution in [2.45, 2.75) is 32.4 Å². The summed E-state index contributed by atoms with van der Waals surface area (Å²) in [6, 6.07) is 15.0. The van der Waals surface area contributed by atoms with Crippen LogP contribution in [0.15, 0.2) is 83.5 Å². The van der Waals surface area contributed by atoms with Crippen molar-refractivity contribution in [3.05, 3.63) is 116 Å². The summed E-state index contributed by atoms with van der Waals surface area (Å²) >= 11 is 7.78. The second-order valence-corrected chi connectivity index (χ2v) is 10.4. The van der Waals surface area contributed by atoms with Crippen molar-refractivity contribution in [2.24, 2.45) is 0 Å². The Bertz CT molecular complexity index is 1450. The Labute approximate surface area is 217 Å². The van der Waals surface area contributed by atoms with Crippen molar-refractivity contribution in [2.75, 3.05) is 0 Å². The molecular weight excluding hydrogens is 497 g/mol. The van der Waals surface area contributed by atoms with Crippen LogP contribution < -0.4 is 0 Å². The summed E-state index contributed by atoms with van der Waals surface area (Å²) in [5.41, 5.74) is 4.45. The molecule has 1 aromatic heterocycles. The van der Waals surface area contributed by atoms with Crippen LogP contribution in [0.1, 0.15) is 45.3 Å². The summed E-state index contributed by atoms with van der Waals surface area (Å²) in [6.07, 6.45) is 3.90. The minimum absolute atomic E-state index is 0.0122. The highest BCUT2D eigenvalue weighted by atomic mass is 35.5. The number of rotatable bonds is 4. The number of carbonyl (C=O) groups is 2. The molecule has 182 valence electrons. The maximum Gasteiger partial charge on any atom is 0.326 e. The molecule has 1 aliphatic carbocycles. The summed E-state index contributed by atoms with van der Waals surface area (Å²) < 4.78 is 15.1. The Morgan fingerprint density at radius 3 is 2.64 bits per heavy atom. The van der Waals surface area contributed by atoms with Gasteiger partial charge in [0, 0.05) is 28.3 Å². The van der Waals surface area contributed by atoms with Crippen LogP contribution in [-0.2, 0) is 17.8 Å². The van der Waals surface area contributed by atoms with Crippen molar-refractivity contribution in [1.82, 2.24) is 4.90 Å². The number of carbonyl (C=O) groups excluding carboxylic acids is 1. The molecule has 1 amide bonds. The number of thiophene rings is 1. The maximum absolute atomic E-state index is 15.1. The topological polar surface area (TPSA) is 57.6 Å². The molecule has 0 unspecified atom stereocenters. The van der Waals surface area contributed by atoms with E-state index in [9.17, 15) is 14.7 Å². The van der Waals surface area contributed by atoms with E-state index in [0.29, 0.717) is 27.3 Å². The van der Waals surface area contributed by atoms with Crippen molar-refractivity contribution in [3.63, 3.8) is 0 Å². The van der Waals surface area contributed by atoms with Gasteiger partial charge in [-0.2, -0.15) is 0 Å². The fourth-order valence-electron chi connectivity index (χ4n) is 4.72. The van der Waals surface area contributed by atoms with Gasteiger partial charge in [0.1, 0.15) is 11.9 Å². The normalized spacial score (nSPS) is 16.4. The molecule has 4 nitrogen and oxygen atoms in total. The van der Waals surface area contributed by atoms with Crippen LogP contribution in [0.25, 0.3) is 11.1 Å². The molecular formula is C29H23ClFNO3S. The molecule has 2 aromatic carbocycles. The number of hydrogen-bond donors (Lipinski definition) is 1. The highest BCUT2D eigenvalue weighted by Crippen LogP contribution is 2.39. The molecule has 0 spiro atoms. The molecule has 2 bridgehead atoms. The molecule has 36 heavy (non-hydrogen) atoms. The van der Waals surface area contributed by atoms with Gasteiger partial charge in [-0.05, 0) is 76.1 Å². The van der Waals surface area contributed by atoms with E-state index in [1.165, 1.54) is 16.2 Å². The zero-order chi connectivity index (χ0) is 25.4. The Morgan fingerprint density at radius 2 is 1.89 bits per heavy atom. The van der Waals surface area contributed by atoms with Crippen molar-refractivity contribution in [1.29, 1.82) is 0 Å². The van der Waals surface area contributed by atoms with Gasteiger partial charge in [0.2, 0.25) is 0 Å². The maximum atomic E-state index is 15.1. The summed E-state index contributed by atoms with van der Waals surface area (Å²) in [7, 11) is 0. The summed E-state index contributed by atoms with van der Waals surface area (Å²) in [6.45, 7) is 1.85. The lowest BCUT2D eigenvalue weighted by Gasteiger charge is -2.31. The molecule has 1 aliphatic heterocycles. The Kier molecular flexibility index (Phi) is 6.65. The molecule has 2 aliphatic rings. The van der Waals surface area contributed by atoms with E-state index in [1.54, 1.807) is 25.1 Å². The molecule has 1 N–H and O–H groups in total. The van der Waals surface area contributed by atoms with E-state index in [-0.39, 0.29) is 25.2 Å². The monoisotopic (exact) mass is 519 g/mol. The molecule has 3 aromatic rings. The number of carboxylic acids is 1. The minimum atomic E-state index is -1.10. The SMILES string of the molecule is CC1=C(F)CC2=CC(=C1)c1ccsc1CN([C@@H](Cc1ccccc1)C(=O)O)C(=O)c1ccc(Cl)cc12. The third-order valence-corrected chi connectivity index (χ3v) is 7.74. The van der Waals surface area contributed by atoms with Crippen LogP contribution in [0.4, 0.5) is 4.39 Å². The van der Waals surface area contributed by atoms with Crippen molar-refractivity contribution in [3.8, 4) is 0 Å². The first-order valence-corrected chi connectivity index (χ1v) is 12.8. The number of fused-ring (bicyclic) bond motifs is 5. The molecule has 2 heterocycles. The third kappa shape index (κ3) is 4.66. The van der Waals surface area contributed by atoms with Gasteiger partial charge in [0.15, 0.2) is 0 Å². The molecule has 0 radical (unpaired) electrons. The first-order chi connectivity index (χ1) is 17.3. The predicted octanol–water partition coefficient (Wildman–Crippen LogP) is 7.17. The number of hydrogen-bond acceptors (Lipinski definition) is 3. The number of halogens is 2. The second kappa shape index (κ2) is 9.88. The van der Waals surface area contributed by atoms with Gasteiger partial charge in [0.25, 0.3) is 5.91 Å². The Balaban J connectivity index is 1.72. The number of benzene rings is 2. The van der Waals surface area contributed by atoms with Crippen LogP contribution >= 0.6 is 22.9 Å². The Morgan fingerprint density at radius 1 is 1.11 bits per heavy atom. The van der Waals surface area contributed by atoms with E-state index in [4.69, 9.17) is 11.6 Å². The highest BCUT2D eigenvalue weighted by molar-refractivity contribution is 7.10. The first-order valence-electron chi connectivity index (χ1n) is 11.5. The van der Waals surface area contributed by atoms with E-state index in [2.05, 4.69) is 0 Å². The average Bonchev–Trinajstić information content (AvgIpc) is 3.27. The highest BCUT2D eigenvalue weighted by Gasteiger charge is 2.34. The van der Waals surface area contributed by atoms with Gasteiger partial charge in [-0.25, -0.2) is 9.18 Å². The molecule has 0 saturated carbocycles. The largest absolute Gasteiger partial charge is 0.480 e. The zero-order valence-corrected chi connectivity index (χ0v) is 21.1. The number of amides is 1. The molecule has 5 rings (SSSR count). The van der Waals surface area contributed by atoms with E-state index in [1.807, 2.05) is 53.9 Å². The van der Waals surface area contributed by atoms with E-state index < -0.39 is 17.9 Å². The Hall–Kier alpha value is -3.48. The summed E-state index contributed by atoms with van der Waals surface area (Å²) in [5, 5.41) is 12.6. The third-order valence-electron chi connectivity index (χ3n) is 6.60. The smallest absolute Gasteiger partial charge is 0.326 e. The summed E-state index contributed by atoms with van der Waals surface area (Å²) in [4.78, 5) is 28.9. The van der Waals surface area contributed by atoms with Crippen LogP contribution in [0.5, 0.6) is 0 Å². The standard InChI is InChI=1S/C29H23ClFNO3S/c1-17-11-19-13-20(14-25(17)31)24-15-21(30)7-8-23(24)28(33)32(16-27-22(19)9-10-36-27)26(29(34)35)12-18-5-3-2-4-6-18/h2-11,13,15,26H,12,14,16H2,1H3,(H,34,35)/t26-/m0/s1. The quantitative estimate of drug-likeness (QED) is 0.397. The average molecular weight is 520 g/mol. The van der Waals surface area contributed by atoms with Gasteiger partial charge in [-0.3, -0.25) is 4.79 Å². The van der Waals surface area contributed by atoms with Crippen LogP contribution in [0.2, 0.25) is 5.02 Å². The molecule has 0 fully saturated rings. The number of carboxylic acid groups (broad SMARTS) is 1. The number of aliphatic carboxylic acids is 1. The lowest BCUT2D eigenvalue weighted by molar-refractivity contribution is -0.142. The fourth-order valence-corrected chi connectivity index (χ4v) is 5.78. The van der Waals surface area contributed by atoms with Gasteiger partial charge in [-0.1, -0.05) is 48.0 Å². The number of nitrogens with zero attached hydrogens (tertiary/aromatic N) is 1. The number of allylic oxidation sites excluding steroid dienone is 6. The van der Waals surface area contributed by atoms with Gasteiger partial charge >= 0.3 is 5.97 Å². The fraction of sp³-hybridized carbons (Fsp3) is 0.172. The molecule has 7 heteroatoms. The van der Waals surface area contributed by atoms with E-state index in [0.717, 1.165) is 21.6 Å². The predicted molar refractivity (Wildman–Crippen MR) is 142 cm³/mol. The summed E-state index contributed by atoms with van der Waals surface area (Å²) in [5.74, 6) is -1.80. The van der Waals surface area contributed by atoms with Crippen molar-refractivity contribution < 1.29 is 19.1 Å². The van der Waals surface area contributed by atoms with Gasteiger partial charge in [-0.15, -0.1) is 11.3 Å². The first kappa shape index (κ1) is 24.2. The van der Waals surface area contributed by atoms with E-state index >= 15 is 4.39 Å². The lowest BCUT2D eigenvalue weighted by atomic mass is 9.92. The molecule has 0 saturated heterocycles. The van der Waals surface area contributed by atoms with Gasteiger partial charge < -0.3 is 10.0 Å². The minimum Gasteiger partial charge on any atom is -0.480 e. The van der Waals surface area contributed by atoms with Gasteiger partial charge in [0.05, 0.1) is 6.54 Å². The van der Waals surface area contributed by atoms with Crippen LogP contribution in [-0.4, -0.2) is 27.9 Å². The second-order valence-electron chi connectivity index (χ2n) is 8.96.